The van der Waals surface area contributed by atoms with Crippen molar-refractivity contribution in [3.63, 3.8) is 0 Å². The summed E-state index contributed by atoms with van der Waals surface area (Å²) < 4.78 is 1.84. The number of hydrogen-bond donors (Lipinski definition) is 2. The number of likely N-dealkylation sites (tertiary alicyclic amines) is 2. The standard InChI is InChI=1S/C28H37BrN4O3.C16H20N2/c1-5-36-30-26(22-6-8-24(29)9-7-22)23-11-15-32(16-12-23)28(4)13-18-31(19-14-28)27(34)25-20(2)10-17-33(35)21(25)3;17-13-16(18,11-14-7-3-1-4-8-14)12-15-9-5-2-6-10-15/h6-10,17,23H,5,11-16,18-19H2,1-4H3;1-10H,11-13,17-18H2/b30-26-;. The number of carbonyl (C=O) groups excluding carboxylic acids is 1. The zero-order chi connectivity index (χ0) is 38.7. The number of rotatable bonds is 11. The Morgan fingerprint density at radius 2 is 1.48 bits per heavy atom. The van der Waals surface area contributed by atoms with Crippen molar-refractivity contribution in [2.75, 3.05) is 39.3 Å². The molecule has 2 aliphatic rings. The Bertz CT molecular complexity index is 1780. The van der Waals surface area contributed by atoms with Gasteiger partial charge in [0, 0.05) is 54.1 Å². The second-order valence-corrected chi connectivity index (χ2v) is 16.0. The molecule has 0 unspecified atom stereocenters. The van der Waals surface area contributed by atoms with Crippen LogP contribution in [0, 0.1) is 25.0 Å². The minimum atomic E-state index is -0.372. The van der Waals surface area contributed by atoms with Gasteiger partial charge < -0.3 is 26.4 Å². The normalized spacial score (nSPS) is 16.7. The van der Waals surface area contributed by atoms with Gasteiger partial charge in [0.2, 0.25) is 5.69 Å². The molecule has 2 aliphatic heterocycles. The molecule has 3 heterocycles. The van der Waals surface area contributed by atoms with Crippen molar-refractivity contribution in [3.05, 3.63) is 140 Å². The van der Waals surface area contributed by atoms with Crippen LogP contribution < -0.4 is 16.2 Å². The van der Waals surface area contributed by atoms with Crippen molar-refractivity contribution in [1.82, 2.24) is 9.80 Å². The van der Waals surface area contributed by atoms with E-state index in [4.69, 9.17) is 16.3 Å². The SMILES string of the molecule is CCO/N=C(/c1ccc(Br)cc1)C1CCN(C2(C)CCN(C(=O)c3c(C)cc[n+]([O-])c3C)CC2)CC1.NCC(N)(Cc1ccccc1)Cc1ccccc1. The number of aryl methyl sites for hydroxylation is 1. The van der Waals surface area contributed by atoms with Gasteiger partial charge in [0.1, 0.15) is 12.2 Å². The van der Waals surface area contributed by atoms with E-state index in [1.807, 2.05) is 55.1 Å². The molecule has 3 aromatic carbocycles. The Morgan fingerprint density at radius 3 is 2.00 bits per heavy atom. The van der Waals surface area contributed by atoms with E-state index in [1.165, 1.54) is 17.3 Å². The fourth-order valence-corrected chi connectivity index (χ4v) is 8.05. The molecule has 0 radical (unpaired) electrons. The van der Waals surface area contributed by atoms with E-state index in [0.717, 1.165) is 77.7 Å². The lowest BCUT2D eigenvalue weighted by atomic mass is 9.82. The van der Waals surface area contributed by atoms with E-state index in [1.54, 1.807) is 13.0 Å². The van der Waals surface area contributed by atoms with Crippen LogP contribution in [0.2, 0.25) is 0 Å². The van der Waals surface area contributed by atoms with Crippen LogP contribution in [0.5, 0.6) is 0 Å². The van der Waals surface area contributed by atoms with Crippen molar-refractivity contribution in [3.8, 4) is 0 Å². The smallest absolute Gasteiger partial charge is 0.260 e. The third-order valence-electron chi connectivity index (χ3n) is 11.2. The van der Waals surface area contributed by atoms with Gasteiger partial charge >= 0.3 is 0 Å². The maximum absolute atomic E-state index is 13.3. The minimum absolute atomic E-state index is 0.0257. The number of halogens is 1. The van der Waals surface area contributed by atoms with Gasteiger partial charge in [0.05, 0.1) is 5.71 Å². The number of carbonyl (C=O) groups is 1. The summed E-state index contributed by atoms with van der Waals surface area (Å²) in [5, 5.41) is 16.6. The molecule has 0 atom stereocenters. The van der Waals surface area contributed by atoms with E-state index in [2.05, 4.69) is 81.4 Å². The summed E-state index contributed by atoms with van der Waals surface area (Å²) in [4.78, 5) is 23.3. The van der Waals surface area contributed by atoms with E-state index < -0.39 is 0 Å². The molecular formula is C44H57BrN6O3. The fraction of sp³-hybridized carbons (Fsp3) is 0.432. The predicted octanol–water partition coefficient (Wildman–Crippen LogP) is 6.97. The molecule has 288 valence electrons. The third-order valence-corrected chi connectivity index (χ3v) is 11.7. The maximum atomic E-state index is 13.3. The zero-order valence-corrected chi connectivity index (χ0v) is 33.9. The monoisotopic (exact) mass is 796 g/mol. The number of hydrogen-bond acceptors (Lipinski definition) is 7. The lowest BCUT2D eigenvalue weighted by Gasteiger charge is -2.49. The van der Waals surface area contributed by atoms with E-state index >= 15 is 0 Å². The molecule has 54 heavy (non-hydrogen) atoms. The molecule has 4 aromatic rings. The number of nitrogens with two attached hydrogens (primary N) is 2. The first-order valence-electron chi connectivity index (χ1n) is 19.2. The highest BCUT2D eigenvalue weighted by atomic mass is 79.9. The molecule has 6 rings (SSSR count). The molecule has 0 bridgehead atoms. The van der Waals surface area contributed by atoms with Crippen molar-refractivity contribution in [1.29, 1.82) is 0 Å². The van der Waals surface area contributed by atoms with Gasteiger partial charge in [-0.1, -0.05) is 93.9 Å². The van der Waals surface area contributed by atoms with E-state index in [-0.39, 0.29) is 17.0 Å². The molecule has 10 heteroatoms. The fourth-order valence-electron chi connectivity index (χ4n) is 7.78. The average molecular weight is 798 g/mol. The van der Waals surface area contributed by atoms with Crippen LogP contribution in [0.1, 0.15) is 77.8 Å². The largest absolute Gasteiger partial charge is 0.618 e. The third kappa shape index (κ3) is 10.6. The maximum Gasteiger partial charge on any atom is 0.260 e. The molecule has 2 fully saturated rings. The lowest BCUT2D eigenvalue weighted by molar-refractivity contribution is -0.612. The van der Waals surface area contributed by atoms with Gasteiger partial charge in [-0.3, -0.25) is 9.69 Å². The van der Waals surface area contributed by atoms with Crippen LogP contribution >= 0.6 is 15.9 Å². The molecule has 0 saturated carbocycles. The zero-order valence-electron chi connectivity index (χ0n) is 32.3. The van der Waals surface area contributed by atoms with Gasteiger partial charge in [-0.25, -0.2) is 0 Å². The highest BCUT2D eigenvalue weighted by Gasteiger charge is 2.40. The Kier molecular flexibility index (Phi) is 14.4. The molecule has 0 aliphatic carbocycles. The average Bonchev–Trinajstić information content (AvgIpc) is 3.19. The number of aromatic nitrogens is 1. The summed E-state index contributed by atoms with van der Waals surface area (Å²) in [7, 11) is 0. The number of piperidine rings is 2. The van der Waals surface area contributed by atoms with Gasteiger partial charge in [0.15, 0.2) is 6.20 Å². The first kappa shape index (κ1) is 41.1. The highest BCUT2D eigenvalue weighted by Crippen LogP contribution is 2.34. The van der Waals surface area contributed by atoms with Gasteiger partial charge in [-0.15, -0.1) is 0 Å². The molecule has 9 nitrogen and oxygen atoms in total. The number of nitrogens with zero attached hydrogens (tertiary/aromatic N) is 4. The molecule has 4 N–H and O–H groups in total. The number of pyridine rings is 1. The minimum Gasteiger partial charge on any atom is -0.618 e. The molecule has 0 spiro atoms. The van der Waals surface area contributed by atoms with E-state index in [9.17, 15) is 10.0 Å². The second kappa shape index (κ2) is 19.0. The summed E-state index contributed by atoms with van der Waals surface area (Å²) >= 11 is 3.52. The van der Waals surface area contributed by atoms with Crippen LogP contribution in [-0.4, -0.2) is 71.8 Å². The number of amides is 1. The van der Waals surface area contributed by atoms with Crippen LogP contribution in [0.4, 0.5) is 0 Å². The Hall–Kier alpha value is -4.09. The van der Waals surface area contributed by atoms with Crippen LogP contribution in [0.25, 0.3) is 0 Å². The van der Waals surface area contributed by atoms with Crippen LogP contribution in [-0.2, 0) is 17.7 Å². The predicted molar refractivity (Wildman–Crippen MR) is 221 cm³/mol. The van der Waals surface area contributed by atoms with Gasteiger partial charge in [-0.2, -0.15) is 4.73 Å². The van der Waals surface area contributed by atoms with E-state index in [0.29, 0.717) is 43.4 Å². The summed E-state index contributed by atoms with van der Waals surface area (Å²) in [6, 6.07) is 30.6. The summed E-state index contributed by atoms with van der Waals surface area (Å²) in [5.41, 5.74) is 18.5. The lowest BCUT2D eigenvalue weighted by Crippen LogP contribution is -2.57. The summed E-state index contributed by atoms with van der Waals surface area (Å²) in [5.74, 6) is 0.337. The highest BCUT2D eigenvalue weighted by molar-refractivity contribution is 9.10. The van der Waals surface area contributed by atoms with Crippen LogP contribution in [0.3, 0.4) is 0 Å². The topological polar surface area (TPSA) is 124 Å². The van der Waals surface area contributed by atoms with Crippen LogP contribution in [0.15, 0.2) is 107 Å². The quantitative estimate of drug-likeness (QED) is 0.0732. The molecule has 1 amide bonds. The first-order chi connectivity index (χ1) is 25.9. The van der Waals surface area contributed by atoms with Crippen molar-refractivity contribution in [2.24, 2.45) is 22.5 Å². The van der Waals surface area contributed by atoms with Gasteiger partial charge in [0.25, 0.3) is 5.91 Å². The molecule has 2 saturated heterocycles. The molecular weight excluding hydrogens is 740 g/mol. The first-order valence-corrected chi connectivity index (χ1v) is 20.0. The Labute approximate surface area is 330 Å². The molecule has 1 aromatic heterocycles. The van der Waals surface area contributed by atoms with Crippen molar-refractivity contribution < 1.29 is 14.4 Å². The summed E-state index contributed by atoms with van der Waals surface area (Å²) in [6.45, 7) is 12.4. The van der Waals surface area contributed by atoms with Crippen molar-refractivity contribution >= 4 is 27.5 Å². The Morgan fingerprint density at radius 1 is 0.926 bits per heavy atom. The Balaban J connectivity index is 0.000000260. The van der Waals surface area contributed by atoms with Gasteiger partial charge in [-0.05, 0) is 107 Å². The van der Waals surface area contributed by atoms with Crippen molar-refractivity contribution in [2.45, 2.75) is 77.3 Å². The summed E-state index contributed by atoms with van der Waals surface area (Å²) in [6.07, 6.45) is 7.01. The number of oxime groups is 1. The second-order valence-electron chi connectivity index (χ2n) is 15.1. The number of benzene rings is 3.